The highest BCUT2D eigenvalue weighted by Crippen LogP contribution is 1.89. The Hall–Kier alpha value is -0.985. The Bertz CT molecular complexity index is 192. The molecule has 0 bridgehead atoms. The van der Waals surface area contributed by atoms with Crippen molar-refractivity contribution in [3.8, 4) is 0 Å². The molecule has 8 heavy (non-hydrogen) atoms. The lowest BCUT2D eigenvalue weighted by molar-refractivity contribution is 0.110. The zero-order valence-corrected chi connectivity index (χ0v) is 4.55. The van der Waals surface area contributed by atoms with Crippen LogP contribution in [0, 0.1) is 0 Å². The summed E-state index contributed by atoms with van der Waals surface area (Å²) >= 11 is 0. The third-order valence-corrected chi connectivity index (χ3v) is 0.867. The Kier molecular flexibility index (Phi) is 1.20. The highest BCUT2D eigenvalue weighted by molar-refractivity contribution is 6.32. The predicted molar refractivity (Wildman–Crippen MR) is 32.3 cm³/mol. The predicted octanol–water partition coefficient (Wildman–Crippen LogP) is -0.649. The second kappa shape index (κ2) is 1.86. The smallest absolute Gasteiger partial charge is 0.185 e. The third-order valence-electron chi connectivity index (χ3n) is 0.867. The van der Waals surface area contributed by atoms with E-state index >= 15 is 0 Å². The molecular formula is C5H5BO2. The van der Waals surface area contributed by atoms with Crippen molar-refractivity contribution in [2.24, 2.45) is 0 Å². The van der Waals surface area contributed by atoms with E-state index in [1.54, 1.807) is 12.3 Å². The molecule has 2 nitrogen and oxygen atoms in total. The van der Waals surface area contributed by atoms with E-state index in [-0.39, 0.29) is 0 Å². The van der Waals surface area contributed by atoms with Gasteiger partial charge < -0.3 is 4.42 Å². The first-order chi connectivity index (χ1) is 3.83. The minimum absolute atomic E-state index is 0.391. The van der Waals surface area contributed by atoms with Crippen LogP contribution in [-0.2, 0) is 0 Å². The molecule has 3 heteroatoms. The van der Waals surface area contributed by atoms with E-state index in [9.17, 15) is 4.79 Å². The average molecular weight is 108 g/mol. The number of hydrogen-bond acceptors (Lipinski definition) is 2. The van der Waals surface area contributed by atoms with Crippen LogP contribution in [0.3, 0.4) is 0 Å². The van der Waals surface area contributed by atoms with Crippen molar-refractivity contribution in [3.05, 3.63) is 18.1 Å². The maximum Gasteiger partial charge on any atom is 0.185 e. The van der Waals surface area contributed by atoms with Crippen LogP contribution in [0.1, 0.15) is 10.6 Å². The van der Waals surface area contributed by atoms with E-state index in [1.165, 1.54) is 0 Å². The minimum atomic E-state index is 0.391. The van der Waals surface area contributed by atoms with Gasteiger partial charge in [0.15, 0.2) is 12.0 Å². The Morgan fingerprint density at radius 3 is 2.75 bits per heavy atom. The number of furan rings is 1. The van der Waals surface area contributed by atoms with E-state index in [2.05, 4.69) is 0 Å². The number of carbonyl (C=O) groups is 1. The molecule has 0 unspecified atom stereocenters. The second-order valence-electron chi connectivity index (χ2n) is 1.64. The van der Waals surface area contributed by atoms with E-state index in [0.29, 0.717) is 12.0 Å². The van der Waals surface area contributed by atoms with Crippen LogP contribution < -0.4 is 5.46 Å². The summed E-state index contributed by atoms with van der Waals surface area (Å²) in [6, 6.07) is 1.69. The Balaban J connectivity index is 3.00. The standard InChI is InChI=1S/C5H5BO2/c6-4-1-5(2-7)8-3-4/h1-3H,6H2. The molecule has 0 atom stereocenters. The fourth-order valence-corrected chi connectivity index (χ4v) is 0.515. The zero-order valence-electron chi connectivity index (χ0n) is 4.55. The minimum Gasteiger partial charge on any atom is -0.462 e. The monoisotopic (exact) mass is 108 g/mol. The second-order valence-corrected chi connectivity index (χ2v) is 1.64. The molecule has 0 fully saturated rings. The topological polar surface area (TPSA) is 30.2 Å². The molecule has 1 heterocycles. The van der Waals surface area contributed by atoms with Crippen molar-refractivity contribution >= 4 is 19.6 Å². The largest absolute Gasteiger partial charge is 0.462 e. The molecule has 40 valence electrons. The fraction of sp³-hybridized carbons (Fsp3) is 0. The highest BCUT2D eigenvalue weighted by Gasteiger charge is 1.91. The SMILES string of the molecule is Bc1coc(C=O)c1. The van der Waals surface area contributed by atoms with Gasteiger partial charge in [0.2, 0.25) is 0 Å². The van der Waals surface area contributed by atoms with E-state index in [1.807, 2.05) is 7.85 Å². The van der Waals surface area contributed by atoms with E-state index in [0.717, 1.165) is 5.46 Å². The lowest BCUT2D eigenvalue weighted by atomic mass is 10.0. The number of rotatable bonds is 1. The molecule has 0 aliphatic carbocycles. The average Bonchev–Trinajstić information content (AvgIpc) is 2.14. The van der Waals surface area contributed by atoms with Crippen molar-refractivity contribution < 1.29 is 9.21 Å². The Morgan fingerprint density at radius 1 is 1.75 bits per heavy atom. The molecule has 0 radical (unpaired) electrons. The summed E-state index contributed by atoms with van der Waals surface area (Å²) in [5.41, 5.74) is 0.979. The van der Waals surface area contributed by atoms with Gasteiger partial charge in [-0.1, -0.05) is 5.46 Å². The molecule has 1 aromatic heterocycles. The first-order valence-electron chi connectivity index (χ1n) is 2.33. The first-order valence-corrected chi connectivity index (χ1v) is 2.33. The lowest BCUT2D eigenvalue weighted by Crippen LogP contribution is -1.93. The molecule has 0 spiro atoms. The van der Waals surface area contributed by atoms with Crippen molar-refractivity contribution in [2.45, 2.75) is 0 Å². The van der Waals surface area contributed by atoms with Crippen molar-refractivity contribution in [1.82, 2.24) is 0 Å². The molecule has 0 aliphatic heterocycles. The van der Waals surface area contributed by atoms with Crippen LogP contribution in [0.5, 0.6) is 0 Å². The van der Waals surface area contributed by atoms with Gasteiger partial charge in [0, 0.05) is 0 Å². The Morgan fingerprint density at radius 2 is 2.50 bits per heavy atom. The Labute approximate surface area is 47.9 Å². The summed E-state index contributed by atoms with van der Waals surface area (Å²) < 4.78 is 4.75. The van der Waals surface area contributed by atoms with Gasteiger partial charge in [-0.3, -0.25) is 4.79 Å². The zero-order chi connectivity index (χ0) is 5.98. The van der Waals surface area contributed by atoms with Gasteiger partial charge in [0.05, 0.1) is 6.26 Å². The molecule has 0 N–H and O–H groups in total. The van der Waals surface area contributed by atoms with Gasteiger partial charge in [-0.25, -0.2) is 0 Å². The van der Waals surface area contributed by atoms with Crippen LogP contribution in [0.25, 0.3) is 0 Å². The maximum atomic E-state index is 9.93. The molecule has 0 saturated carbocycles. The molecular weight excluding hydrogens is 103 g/mol. The molecule has 0 aromatic carbocycles. The van der Waals surface area contributed by atoms with Crippen molar-refractivity contribution in [3.63, 3.8) is 0 Å². The maximum absolute atomic E-state index is 9.93. The van der Waals surface area contributed by atoms with Gasteiger partial charge in [-0.05, 0) is 6.07 Å². The summed E-state index contributed by atoms with van der Waals surface area (Å²) in [4.78, 5) is 9.93. The van der Waals surface area contributed by atoms with Gasteiger partial charge >= 0.3 is 0 Å². The summed E-state index contributed by atoms with van der Waals surface area (Å²) in [6.07, 6.45) is 2.23. The molecule has 1 aromatic rings. The summed E-state index contributed by atoms with van der Waals surface area (Å²) in [5.74, 6) is 0.391. The van der Waals surface area contributed by atoms with E-state index < -0.39 is 0 Å². The van der Waals surface area contributed by atoms with Gasteiger partial charge in [0.25, 0.3) is 0 Å². The van der Waals surface area contributed by atoms with Crippen LogP contribution >= 0.6 is 0 Å². The van der Waals surface area contributed by atoms with Crippen LogP contribution in [0.15, 0.2) is 16.7 Å². The molecule has 0 saturated heterocycles. The normalized spacial score (nSPS) is 9.00. The van der Waals surface area contributed by atoms with Gasteiger partial charge in [0.1, 0.15) is 7.85 Å². The summed E-state index contributed by atoms with van der Waals surface area (Å²) in [7, 11) is 1.87. The van der Waals surface area contributed by atoms with Gasteiger partial charge in [-0.2, -0.15) is 0 Å². The van der Waals surface area contributed by atoms with Crippen molar-refractivity contribution in [1.29, 1.82) is 0 Å². The first kappa shape index (κ1) is 5.16. The van der Waals surface area contributed by atoms with Gasteiger partial charge in [-0.15, -0.1) is 0 Å². The summed E-state index contributed by atoms with van der Waals surface area (Å²) in [5, 5.41) is 0. The molecule has 0 aliphatic rings. The van der Waals surface area contributed by atoms with Crippen molar-refractivity contribution in [2.75, 3.05) is 0 Å². The lowest BCUT2D eigenvalue weighted by Gasteiger charge is -1.69. The number of aldehydes is 1. The van der Waals surface area contributed by atoms with E-state index in [4.69, 9.17) is 4.42 Å². The number of hydrogen-bond donors (Lipinski definition) is 0. The third kappa shape index (κ3) is 0.806. The molecule has 1 rings (SSSR count). The highest BCUT2D eigenvalue weighted by atomic mass is 16.3. The van der Waals surface area contributed by atoms with Crippen LogP contribution in [0.4, 0.5) is 0 Å². The fourth-order valence-electron chi connectivity index (χ4n) is 0.515. The molecule has 0 amide bonds. The van der Waals surface area contributed by atoms with Crippen LogP contribution in [-0.4, -0.2) is 14.1 Å². The van der Waals surface area contributed by atoms with Crippen LogP contribution in [0.2, 0.25) is 0 Å². The number of carbonyl (C=O) groups excluding carboxylic acids is 1. The summed E-state index contributed by atoms with van der Waals surface area (Å²) in [6.45, 7) is 0. The quantitative estimate of drug-likeness (QED) is 0.353.